The Labute approximate surface area is 94.3 Å². The average Bonchev–Trinajstić information content (AvgIpc) is 2.55. The Morgan fingerprint density at radius 2 is 2.20 bits per heavy atom. The van der Waals surface area contributed by atoms with Gasteiger partial charge in [0.25, 0.3) is 0 Å². The minimum absolute atomic E-state index is 0.237. The molecule has 1 aromatic carbocycles. The van der Waals surface area contributed by atoms with Crippen molar-refractivity contribution in [1.29, 1.82) is 0 Å². The zero-order valence-electron chi connectivity index (χ0n) is 7.89. The molecule has 0 amide bonds. The minimum atomic E-state index is -0.594. The molecule has 4 nitrogen and oxygen atoms in total. The number of rotatable bonds is 3. The molecule has 1 atom stereocenters. The zero-order chi connectivity index (χ0) is 10.8. The number of oxazole rings is 1. The average molecular weight is 272 g/mol. The highest BCUT2D eigenvalue weighted by Crippen LogP contribution is 2.12. The number of fused-ring (bicyclic) bond motifs is 1. The molecule has 1 N–H and O–H groups in total. The fourth-order valence-electron chi connectivity index (χ4n) is 1.45. The maximum absolute atomic E-state index is 11.5. The van der Waals surface area contributed by atoms with Crippen molar-refractivity contribution in [1.82, 2.24) is 4.57 Å². The number of aromatic nitrogens is 1. The Bertz CT molecular complexity index is 517. The Balaban J connectivity index is 2.50. The van der Waals surface area contributed by atoms with Crippen LogP contribution in [0.25, 0.3) is 11.1 Å². The molecular formula is C10H10BrNO3. The van der Waals surface area contributed by atoms with Crippen molar-refractivity contribution in [3.05, 3.63) is 34.8 Å². The lowest BCUT2D eigenvalue weighted by Gasteiger charge is -2.06. The van der Waals surface area contributed by atoms with Crippen LogP contribution in [0.5, 0.6) is 0 Å². The van der Waals surface area contributed by atoms with Crippen LogP contribution in [0.3, 0.4) is 0 Å². The lowest BCUT2D eigenvalue weighted by molar-refractivity contribution is 0.177. The van der Waals surface area contributed by atoms with Gasteiger partial charge in [0.1, 0.15) is 0 Å². The number of aliphatic hydroxyl groups is 1. The number of benzene rings is 1. The van der Waals surface area contributed by atoms with Crippen LogP contribution in [-0.4, -0.2) is 21.1 Å². The lowest BCUT2D eigenvalue weighted by Crippen LogP contribution is -2.24. The van der Waals surface area contributed by atoms with Crippen molar-refractivity contribution < 1.29 is 9.52 Å². The molecule has 0 spiro atoms. The Hall–Kier alpha value is -1.07. The van der Waals surface area contributed by atoms with E-state index in [-0.39, 0.29) is 6.54 Å². The van der Waals surface area contributed by atoms with Gasteiger partial charge >= 0.3 is 5.76 Å². The highest BCUT2D eigenvalue weighted by atomic mass is 79.9. The van der Waals surface area contributed by atoms with Crippen LogP contribution in [0.15, 0.2) is 33.5 Å². The molecule has 80 valence electrons. The van der Waals surface area contributed by atoms with Gasteiger partial charge in [-0.2, -0.15) is 0 Å². The van der Waals surface area contributed by atoms with Gasteiger partial charge in [-0.1, -0.05) is 28.1 Å². The van der Waals surface area contributed by atoms with E-state index >= 15 is 0 Å². The molecule has 0 fully saturated rings. The van der Waals surface area contributed by atoms with Gasteiger partial charge in [-0.3, -0.25) is 4.57 Å². The summed E-state index contributed by atoms with van der Waals surface area (Å²) in [7, 11) is 0. The standard InChI is InChI=1S/C10H10BrNO3/c11-5-7(13)6-12-8-3-1-2-4-9(8)15-10(12)14/h1-4,7,13H,5-6H2. The molecule has 1 aromatic heterocycles. The summed E-state index contributed by atoms with van der Waals surface area (Å²) in [6.45, 7) is 0.237. The molecule has 1 unspecified atom stereocenters. The normalized spacial score (nSPS) is 13.2. The van der Waals surface area contributed by atoms with Crippen LogP contribution in [-0.2, 0) is 6.54 Å². The fourth-order valence-corrected chi connectivity index (χ4v) is 1.65. The van der Waals surface area contributed by atoms with Crippen molar-refractivity contribution in [2.75, 3.05) is 5.33 Å². The van der Waals surface area contributed by atoms with Crippen molar-refractivity contribution in [2.45, 2.75) is 12.6 Å². The molecule has 5 heteroatoms. The van der Waals surface area contributed by atoms with Gasteiger partial charge < -0.3 is 9.52 Å². The van der Waals surface area contributed by atoms with Gasteiger partial charge in [-0.05, 0) is 12.1 Å². The summed E-state index contributed by atoms with van der Waals surface area (Å²) in [5, 5.41) is 9.89. The van der Waals surface area contributed by atoms with Crippen LogP contribution < -0.4 is 5.76 Å². The van der Waals surface area contributed by atoms with Gasteiger partial charge in [0, 0.05) is 5.33 Å². The third-order valence-corrected chi connectivity index (χ3v) is 2.89. The van der Waals surface area contributed by atoms with E-state index < -0.39 is 11.9 Å². The summed E-state index contributed by atoms with van der Waals surface area (Å²) in [6, 6.07) is 7.15. The molecule has 2 rings (SSSR count). The number of hydrogen-bond acceptors (Lipinski definition) is 3. The summed E-state index contributed by atoms with van der Waals surface area (Å²) in [5.74, 6) is -0.434. The summed E-state index contributed by atoms with van der Waals surface area (Å²) < 4.78 is 6.46. The van der Waals surface area contributed by atoms with Gasteiger partial charge in [0.05, 0.1) is 18.2 Å². The first-order chi connectivity index (χ1) is 7.22. The third-order valence-electron chi connectivity index (χ3n) is 2.15. The van der Waals surface area contributed by atoms with Crippen LogP contribution in [0, 0.1) is 0 Å². The summed E-state index contributed by atoms with van der Waals surface area (Å²) >= 11 is 3.15. The van der Waals surface area contributed by atoms with Crippen LogP contribution >= 0.6 is 15.9 Å². The summed E-state index contributed by atoms with van der Waals surface area (Å²) in [5.41, 5.74) is 1.26. The van der Waals surface area contributed by atoms with E-state index in [1.165, 1.54) is 4.57 Å². The van der Waals surface area contributed by atoms with Crippen LogP contribution in [0.1, 0.15) is 0 Å². The predicted octanol–water partition coefficient (Wildman–Crippen LogP) is 1.35. The third kappa shape index (κ3) is 1.98. The number of hydrogen-bond donors (Lipinski definition) is 1. The van der Waals surface area contributed by atoms with E-state index in [0.717, 1.165) is 0 Å². The number of halogens is 1. The monoisotopic (exact) mass is 271 g/mol. The summed E-state index contributed by atoms with van der Waals surface area (Å²) in [4.78, 5) is 11.5. The van der Waals surface area contributed by atoms with Crippen molar-refractivity contribution >= 4 is 27.0 Å². The maximum atomic E-state index is 11.5. The van der Waals surface area contributed by atoms with Gasteiger partial charge in [0.2, 0.25) is 0 Å². The number of aliphatic hydroxyl groups excluding tert-OH is 1. The van der Waals surface area contributed by atoms with Gasteiger partial charge in [-0.25, -0.2) is 4.79 Å². The van der Waals surface area contributed by atoms with E-state index in [4.69, 9.17) is 4.42 Å². The van der Waals surface area contributed by atoms with Gasteiger partial charge in [-0.15, -0.1) is 0 Å². The largest absolute Gasteiger partial charge is 0.420 e. The molecule has 0 aliphatic heterocycles. The van der Waals surface area contributed by atoms with Crippen molar-refractivity contribution in [3.8, 4) is 0 Å². The number of alkyl halides is 1. The molecule has 0 saturated heterocycles. The quantitative estimate of drug-likeness (QED) is 0.858. The van der Waals surface area contributed by atoms with Crippen LogP contribution in [0.2, 0.25) is 0 Å². The van der Waals surface area contributed by atoms with E-state index in [1.807, 2.05) is 6.07 Å². The van der Waals surface area contributed by atoms with E-state index in [1.54, 1.807) is 18.2 Å². The first kappa shape index (κ1) is 10.4. The van der Waals surface area contributed by atoms with E-state index in [9.17, 15) is 9.90 Å². The Morgan fingerprint density at radius 1 is 1.47 bits per heavy atom. The molecule has 1 heterocycles. The maximum Gasteiger partial charge on any atom is 0.420 e. The number of para-hydroxylation sites is 2. The van der Waals surface area contributed by atoms with Crippen molar-refractivity contribution in [2.24, 2.45) is 0 Å². The highest BCUT2D eigenvalue weighted by Gasteiger charge is 2.11. The zero-order valence-corrected chi connectivity index (χ0v) is 9.48. The molecule has 0 aliphatic rings. The minimum Gasteiger partial charge on any atom is -0.408 e. The molecule has 0 bridgehead atoms. The topological polar surface area (TPSA) is 55.4 Å². The van der Waals surface area contributed by atoms with E-state index in [0.29, 0.717) is 16.4 Å². The summed E-state index contributed by atoms with van der Waals surface area (Å²) in [6.07, 6.45) is -0.594. The molecule has 0 aliphatic carbocycles. The van der Waals surface area contributed by atoms with Crippen molar-refractivity contribution in [3.63, 3.8) is 0 Å². The van der Waals surface area contributed by atoms with Crippen LogP contribution in [0.4, 0.5) is 0 Å². The molecule has 15 heavy (non-hydrogen) atoms. The lowest BCUT2D eigenvalue weighted by atomic mass is 10.3. The van der Waals surface area contributed by atoms with E-state index in [2.05, 4.69) is 15.9 Å². The Kier molecular flexibility index (Phi) is 2.93. The SMILES string of the molecule is O=c1oc2ccccc2n1CC(O)CBr. The smallest absolute Gasteiger partial charge is 0.408 e. The van der Waals surface area contributed by atoms with Gasteiger partial charge in [0.15, 0.2) is 5.58 Å². The molecule has 0 radical (unpaired) electrons. The highest BCUT2D eigenvalue weighted by molar-refractivity contribution is 9.09. The molecule has 0 saturated carbocycles. The Morgan fingerprint density at radius 3 is 2.93 bits per heavy atom. The molecule has 2 aromatic rings. The number of nitrogens with zero attached hydrogens (tertiary/aromatic N) is 1. The first-order valence-corrected chi connectivity index (χ1v) is 5.67. The second-order valence-corrected chi connectivity index (χ2v) is 3.90. The second kappa shape index (κ2) is 4.20. The second-order valence-electron chi connectivity index (χ2n) is 3.25. The first-order valence-electron chi connectivity index (χ1n) is 4.55. The fraction of sp³-hybridized carbons (Fsp3) is 0.300. The molecular weight excluding hydrogens is 262 g/mol. The predicted molar refractivity (Wildman–Crippen MR) is 60.3 cm³/mol.